The minimum atomic E-state index is -2.93. The van der Waals surface area contributed by atoms with Crippen molar-refractivity contribution in [1.82, 2.24) is 29.5 Å². The molecule has 38 heavy (non-hydrogen) atoms. The second kappa shape index (κ2) is 9.19. The SMILES string of the molecule is Cc1nc(N[C@H](C)c2cccc(C(F)F)c2F)c2cc(C(=O)N3CCCC34CCOC4)c3ncnn3c2n1. The Balaban J connectivity index is 1.45. The standard InChI is InChI=1S/C26H26F3N7O2/c1-14(16-5-3-6-17(20(16)27)21(28)29)32-22-18-11-19(23-30-13-31-36(23)24(18)34-15(2)33-22)25(37)35-9-4-7-26(35)8-10-38-12-26/h3,5-6,11,13-14,21H,4,7-10,12H2,1-2H3,(H,32,33,34)/t14-,26?/m1/s1. The molecule has 12 heteroatoms. The highest BCUT2D eigenvalue weighted by Crippen LogP contribution is 2.38. The number of benzene rings is 1. The molecule has 6 rings (SSSR count). The van der Waals surface area contributed by atoms with Crippen molar-refractivity contribution in [3.05, 3.63) is 58.9 Å². The number of fused-ring (bicyclic) bond motifs is 3. The van der Waals surface area contributed by atoms with E-state index in [1.807, 2.05) is 4.90 Å². The lowest BCUT2D eigenvalue weighted by atomic mass is 9.95. The van der Waals surface area contributed by atoms with Crippen LogP contribution >= 0.6 is 0 Å². The van der Waals surface area contributed by atoms with Gasteiger partial charge in [0.1, 0.15) is 23.8 Å². The molecule has 3 aromatic heterocycles. The number of ether oxygens (including phenoxy) is 1. The van der Waals surface area contributed by atoms with Crippen LogP contribution in [0.2, 0.25) is 0 Å². The van der Waals surface area contributed by atoms with E-state index in [9.17, 15) is 18.0 Å². The van der Waals surface area contributed by atoms with Crippen LogP contribution in [0.25, 0.3) is 16.7 Å². The number of aromatic nitrogens is 5. The lowest BCUT2D eigenvalue weighted by molar-refractivity contribution is 0.0551. The molecule has 2 fully saturated rings. The van der Waals surface area contributed by atoms with Crippen molar-refractivity contribution in [2.75, 3.05) is 25.1 Å². The number of amides is 1. The predicted molar refractivity (Wildman–Crippen MR) is 133 cm³/mol. The predicted octanol–water partition coefficient (Wildman–Crippen LogP) is 4.63. The van der Waals surface area contributed by atoms with Crippen LogP contribution in [0.5, 0.6) is 0 Å². The van der Waals surface area contributed by atoms with E-state index in [-0.39, 0.29) is 17.0 Å². The molecule has 9 nitrogen and oxygen atoms in total. The van der Waals surface area contributed by atoms with E-state index in [1.165, 1.54) is 23.0 Å². The molecule has 0 radical (unpaired) electrons. The van der Waals surface area contributed by atoms with Gasteiger partial charge in [-0.1, -0.05) is 18.2 Å². The summed E-state index contributed by atoms with van der Waals surface area (Å²) in [5.41, 5.74) is 0.223. The highest BCUT2D eigenvalue weighted by atomic mass is 19.3. The Labute approximate surface area is 216 Å². The summed E-state index contributed by atoms with van der Waals surface area (Å²) < 4.78 is 48.6. The molecule has 1 amide bonds. The topological polar surface area (TPSA) is 97.5 Å². The molecule has 2 aliphatic heterocycles. The number of pyridine rings is 1. The monoisotopic (exact) mass is 525 g/mol. The second-order valence-corrected chi connectivity index (χ2v) is 9.91. The van der Waals surface area contributed by atoms with Crippen molar-refractivity contribution < 1.29 is 22.7 Å². The third-order valence-corrected chi connectivity index (χ3v) is 7.58. The molecule has 2 saturated heterocycles. The van der Waals surface area contributed by atoms with Gasteiger partial charge < -0.3 is 15.0 Å². The van der Waals surface area contributed by atoms with Gasteiger partial charge in [-0.3, -0.25) is 4.79 Å². The van der Waals surface area contributed by atoms with E-state index in [2.05, 4.69) is 25.4 Å². The van der Waals surface area contributed by atoms with E-state index in [0.717, 1.165) is 25.3 Å². The minimum absolute atomic E-state index is 0.0746. The van der Waals surface area contributed by atoms with Gasteiger partial charge in [0.25, 0.3) is 12.3 Å². The Bertz CT molecular complexity index is 1550. The number of anilines is 1. The quantitative estimate of drug-likeness (QED) is 0.406. The number of aryl methyl sites for hydroxylation is 1. The van der Waals surface area contributed by atoms with E-state index < -0.39 is 23.8 Å². The second-order valence-electron chi connectivity index (χ2n) is 9.91. The van der Waals surface area contributed by atoms with Crippen molar-refractivity contribution in [1.29, 1.82) is 0 Å². The van der Waals surface area contributed by atoms with Gasteiger partial charge >= 0.3 is 0 Å². The third kappa shape index (κ3) is 3.85. The van der Waals surface area contributed by atoms with Gasteiger partial charge in [-0.25, -0.2) is 28.1 Å². The molecule has 1 spiro atoms. The van der Waals surface area contributed by atoms with Crippen LogP contribution in [-0.2, 0) is 4.74 Å². The summed E-state index contributed by atoms with van der Waals surface area (Å²) in [4.78, 5) is 29.2. The van der Waals surface area contributed by atoms with Gasteiger partial charge in [0, 0.05) is 18.7 Å². The van der Waals surface area contributed by atoms with Crippen LogP contribution in [0, 0.1) is 12.7 Å². The molecule has 2 aliphatic rings. The van der Waals surface area contributed by atoms with Crippen LogP contribution in [0.15, 0.2) is 30.6 Å². The first kappa shape index (κ1) is 24.5. The Morgan fingerprint density at radius 1 is 1.18 bits per heavy atom. The molecule has 198 valence electrons. The average molecular weight is 526 g/mol. The highest BCUT2D eigenvalue weighted by molar-refractivity contribution is 6.05. The summed E-state index contributed by atoms with van der Waals surface area (Å²) in [7, 11) is 0. The van der Waals surface area contributed by atoms with Crippen molar-refractivity contribution in [2.45, 2.75) is 51.1 Å². The molecular formula is C26H26F3N7O2. The van der Waals surface area contributed by atoms with Crippen molar-refractivity contribution in [2.24, 2.45) is 0 Å². The fourth-order valence-electron chi connectivity index (χ4n) is 5.68. The van der Waals surface area contributed by atoms with E-state index in [4.69, 9.17) is 4.74 Å². The van der Waals surface area contributed by atoms with Crippen LogP contribution in [0.1, 0.15) is 66.0 Å². The number of rotatable bonds is 5. The molecule has 4 aromatic rings. The van der Waals surface area contributed by atoms with Crippen LogP contribution < -0.4 is 5.32 Å². The highest BCUT2D eigenvalue weighted by Gasteiger charge is 2.47. The molecule has 0 saturated carbocycles. The first-order valence-electron chi connectivity index (χ1n) is 12.5. The summed E-state index contributed by atoms with van der Waals surface area (Å²) >= 11 is 0. The van der Waals surface area contributed by atoms with E-state index in [0.29, 0.717) is 53.6 Å². The number of nitrogens with one attached hydrogen (secondary N) is 1. The zero-order valence-corrected chi connectivity index (χ0v) is 20.9. The van der Waals surface area contributed by atoms with E-state index in [1.54, 1.807) is 19.9 Å². The first-order valence-corrected chi connectivity index (χ1v) is 12.5. The molecular weight excluding hydrogens is 499 g/mol. The summed E-state index contributed by atoms with van der Waals surface area (Å²) in [5, 5.41) is 7.94. The number of carbonyl (C=O) groups is 1. The Morgan fingerprint density at radius 2 is 2.00 bits per heavy atom. The van der Waals surface area contributed by atoms with Gasteiger partial charge in [-0.05, 0) is 39.2 Å². The number of carbonyl (C=O) groups excluding carboxylic acids is 1. The Hall–Kier alpha value is -3.80. The Morgan fingerprint density at radius 3 is 2.76 bits per heavy atom. The van der Waals surface area contributed by atoms with Gasteiger partial charge in [-0.2, -0.15) is 9.61 Å². The maximum absolute atomic E-state index is 14.9. The third-order valence-electron chi connectivity index (χ3n) is 7.58. The van der Waals surface area contributed by atoms with Crippen LogP contribution in [0.4, 0.5) is 19.0 Å². The molecule has 0 aliphatic carbocycles. The van der Waals surface area contributed by atoms with Crippen LogP contribution in [0.3, 0.4) is 0 Å². The molecule has 0 bridgehead atoms. The fraction of sp³-hybridized carbons (Fsp3) is 0.423. The smallest absolute Gasteiger partial charge is 0.266 e. The summed E-state index contributed by atoms with van der Waals surface area (Å²) in [6, 6.07) is 4.89. The number of hydrogen-bond acceptors (Lipinski definition) is 7. The zero-order chi connectivity index (χ0) is 26.6. The lowest BCUT2D eigenvalue weighted by Crippen LogP contribution is -2.48. The van der Waals surface area contributed by atoms with Gasteiger partial charge in [0.2, 0.25) is 0 Å². The maximum atomic E-state index is 14.9. The number of likely N-dealkylation sites (tertiary alicyclic amines) is 1. The van der Waals surface area contributed by atoms with Gasteiger partial charge in [0.05, 0.1) is 34.7 Å². The molecule has 1 N–H and O–H groups in total. The minimum Gasteiger partial charge on any atom is -0.379 e. The zero-order valence-electron chi connectivity index (χ0n) is 20.9. The lowest BCUT2D eigenvalue weighted by Gasteiger charge is -2.33. The number of nitrogens with zero attached hydrogens (tertiary/aromatic N) is 6. The Kier molecular flexibility index (Phi) is 5.93. The van der Waals surface area contributed by atoms with Gasteiger partial charge in [-0.15, -0.1) is 0 Å². The first-order chi connectivity index (χ1) is 18.3. The van der Waals surface area contributed by atoms with Crippen molar-refractivity contribution in [3.63, 3.8) is 0 Å². The maximum Gasteiger partial charge on any atom is 0.266 e. The number of alkyl halides is 2. The van der Waals surface area contributed by atoms with Crippen LogP contribution in [-0.4, -0.2) is 60.7 Å². The summed E-state index contributed by atoms with van der Waals surface area (Å²) in [6.45, 7) is 5.09. The summed E-state index contributed by atoms with van der Waals surface area (Å²) in [5.74, 6) is -0.409. The van der Waals surface area contributed by atoms with E-state index >= 15 is 0 Å². The summed E-state index contributed by atoms with van der Waals surface area (Å²) in [6.07, 6.45) is 0.984. The van der Waals surface area contributed by atoms with Gasteiger partial charge in [0.15, 0.2) is 11.3 Å². The van der Waals surface area contributed by atoms with Crippen molar-refractivity contribution in [3.8, 4) is 0 Å². The largest absolute Gasteiger partial charge is 0.379 e. The number of halogens is 3. The van der Waals surface area contributed by atoms with Crippen molar-refractivity contribution >= 4 is 28.4 Å². The molecule has 5 heterocycles. The molecule has 1 unspecified atom stereocenters. The average Bonchev–Trinajstić information content (AvgIpc) is 3.65. The normalized spacial score (nSPS) is 20.3. The fourth-order valence-corrected chi connectivity index (χ4v) is 5.68. The molecule has 2 atom stereocenters. The molecule has 1 aromatic carbocycles. The number of hydrogen-bond donors (Lipinski definition) is 1.